The Morgan fingerprint density at radius 2 is 1.73 bits per heavy atom. The van der Waals surface area contributed by atoms with Crippen molar-refractivity contribution in [2.24, 2.45) is 0 Å². The first-order valence-corrected chi connectivity index (χ1v) is 10.4. The van der Waals surface area contributed by atoms with Gasteiger partial charge in [-0.05, 0) is 47.4 Å². The molecule has 0 aliphatic heterocycles. The molecule has 0 amide bonds. The fourth-order valence-electron chi connectivity index (χ4n) is 3.34. The Labute approximate surface area is 191 Å². The standard InChI is InChI=1S/C26H23F2NO4/c1-17(2)22-14-21(33-26(27)28)12-11-18(22)13-25(30)31-16-19-7-6-10-24(23(19)15-29)32-20-8-4-3-5-9-20/h3-12,14,17,26H,13,16H2,1-2H3. The normalized spacial score (nSPS) is 10.7. The van der Waals surface area contributed by atoms with Gasteiger partial charge in [-0.1, -0.05) is 50.2 Å². The summed E-state index contributed by atoms with van der Waals surface area (Å²) in [6.45, 7) is 0.774. The van der Waals surface area contributed by atoms with Gasteiger partial charge in [-0.15, -0.1) is 0 Å². The third-order valence-electron chi connectivity index (χ3n) is 4.88. The average Bonchev–Trinajstić information content (AvgIpc) is 2.79. The molecule has 3 aromatic carbocycles. The van der Waals surface area contributed by atoms with Gasteiger partial charge in [0.2, 0.25) is 0 Å². The van der Waals surface area contributed by atoms with Crippen LogP contribution in [0.4, 0.5) is 8.78 Å². The summed E-state index contributed by atoms with van der Waals surface area (Å²) < 4.78 is 40.7. The number of rotatable bonds is 9. The topological polar surface area (TPSA) is 68.6 Å². The number of alkyl halides is 2. The van der Waals surface area contributed by atoms with Crippen LogP contribution in [-0.4, -0.2) is 12.6 Å². The lowest BCUT2D eigenvalue weighted by Gasteiger charge is -2.15. The highest BCUT2D eigenvalue weighted by Crippen LogP contribution is 2.29. The Balaban J connectivity index is 1.70. The smallest absolute Gasteiger partial charge is 0.387 e. The first-order chi connectivity index (χ1) is 15.9. The zero-order valence-corrected chi connectivity index (χ0v) is 18.3. The largest absolute Gasteiger partial charge is 0.461 e. The van der Waals surface area contributed by atoms with Gasteiger partial charge < -0.3 is 14.2 Å². The van der Waals surface area contributed by atoms with Crippen molar-refractivity contribution in [2.75, 3.05) is 0 Å². The fraction of sp³-hybridized carbons (Fsp3) is 0.231. The van der Waals surface area contributed by atoms with Gasteiger partial charge in [0.05, 0.1) is 6.42 Å². The van der Waals surface area contributed by atoms with Crippen molar-refractivity contribution in [1.82, 2.24) is 0 Å². The number of carbonyl (C=O) groups excluding carboxylic acids is 1. The van der Waals surface area contributed by atoms with E-state index in [0.29, 0.717) is 22.6 Å². The highest BCUT2D eigenvalue weighted by atomic mass is 19.3. The third kappa shape index (κ3) is 6.53. The van der Waals surface area contributed by atoms with E-state index in [2.05, 4.69) is 10.8 Å². The van der Waals surface area contributed by atoms with E-state index in [1.54, 1.807) is 36.4 Å². The van der Waals surface area contributed by atoms with Gasteiger partial charge in [-0.25, -0.2) is 0 Å². The fourth-order valence-corrected chi connectivity index (χ4v) is 3.34. The van der Waals surface area contributed by atoms with Gasteiger partial charge in [-0.3, -0.25) is 4.79 Å². The van der Waals surface area contributed by atoms with Gasteiger partial charge in [0.25, 0.3) is 0 Å². The Kier molecular flexibility index (Phi) is 7.98. The van der Waals surface area contributed by atoms with Crippen molar-refractivity contribution in [3.8, 4) is 23.3 Å². The average molecular weight is 451 g/mol. The second-order valence-electron chi connectivity index (χ2n) is 7.55. The summed E-state index contributed by atoms with van der Waals surface area (Å²) in [5.41, 5.74) is 2.19. The highest BCUT2D eigenvalue weighted by Gasteiger charge is 2.16. The van der Waals surface area contributed by atoms with E-state index in [0.717, 1.165) is 5.56 Å². The minimum atomic E-state index is -2.92. The van der Waals surface area contributed by atoms with Crippen LogP contribution in [0.1, 0.15) is 42.0 Å². The van der Waals surface area contributed by atoms with Crippen LogP contribution in [0.5, 0.6) is 17.2 Å². The molecule has 0 saturated heterocycles. The number of nitriles is 1. The summed E-state index contributed by atoms with van der Waals surface area (Å²) in [5.74, 6) is 0.487. The van der Waals surface area contributed by atoms with Crippen LogP contribution >= 0.6 is 0 Å². The van der Waals surface area contributed by atoms with Gasteiger partial charge >= 0.3 is 12.6 Å². The first kappa shape index (κ1) is 23.7. The molecule has 0 aliphatic carbocycles. The molecule has 0 unspecified atom stereocenters. The van der Waals surface area contributed by atoms with Crippen LogP contribution in [0.15, 0.2) is 66.7 Å². The van der Waals surface area contributed by atoms with Crippen molar-refractivity contribution in [3.05, 3.63) is 89.0 Å². The molecule has 0 bridgehead atoms. The number of hydrogen-bond acceptors (Lipinski definition) is 5. The highest BCUT2D eigenvalue weighted by molar-refractivity contribution is 5.73. The summed E-state index contributed by atoms with van der Waals surface area (Å²) in [4.78, 5) is 12.5. The van der Waals surface area contributed by atoms with E-state index in [4.69, 9.17) is 9.47 Å². The molecule has 0 heterocycles. The Morgan fingerprint density at radius 3 is 2.39 bits per heavy atom. The van der Waals surface area contributed by atoms with Crippen molar-refractivity contribution in [2.45, 2.75) is 39.4 Å². The Bertz CT molecular complexity index is 1140. The molecule has 7 heteroatoms. The first-order valence-electron chi connectivity index (χ1n) is 10.4. The second kappa shape index (κ2) is 11.1. The lowest BCUT2D eigenvalue weighted by molar-refractivity contribution is -0.144. The molecule has 170 valence electrons. The van der Waals surface area contributed by atoms with Crippen molar-refractivity contribution in [3.63, 3.8) is 0 Å². The molecule has 33 heavy (non-hydrogen) atoms. The summed E-state index contributed by atoms with van der Waals surface area (Å²) in [6.07, 6.45) is -0.0371. The number of nitrogens with zero attached hydrogens (tertiary/aromatic N) is 1. The number of para-hydroxylation sites is 1. The molecule has 5 nitrogen and oxygen atoms in total. The van der Waals surface area contributed by atoms with E-state index in [-0.39, 0.29) is 30.3 Å². The second-order valence-corrected chi connectivity index (χ2v) is 7.55. The molecule has 0 spiro atoms. The zero-order valence-electron chi connectivity index (χ0n) is 18.3. The number of ether oxygens (including phenoxy) is 3. The van der Waals surface area contributed by atoms with E-state index in [1.165, 1.54) is 12.1 Å². The molecule has 0 atom stereocenters. The maximum absolute atomic E-state index is 12.5. The van der Waals surface area contributed by atoms with Gasteiger partial charge in [-0.2, -0.15) is 14.0 Å². The minimum Gasteiger partial charge on any atom is -0.461 e. The maximum Gasteiger partial charge on any atom is 0.387 e. The molecular formula is C26H23F2NO4. The predicted octanol–water partition coefficient (Wildman–Crippen LogP) is 6.36. The molecule has 3 rings (SSSR count). The number of halogens is 2. The van der Waals surface area contributed by atoms with E-state index in [1.807, 2.05) is 32.0 Å². The van der Waals surface area contributed by atoms with Gasteiger partial charge in [0.1, 0.15) is 35.5 Å². The SMILES string of the molecule is CC(C)c1cc(OC(F)F)ccc1CC(=O)OCc1cccc(Oc2ccccc2)c1C#N. The number of hydrogen-bond donors (Lipinski definition) is 0. The van der Waals surface area contributed by atoms with Crippen molar-refractivity contribution >= 4 is 5.97 Å². The van der Waals surface area contributed by atoms with Crippen LogP contribution in [-0.2, 0) is 22.6 Å². The molecule has 0 fully saturated rings. The molecule has 0 radical (unpaired) electrons. The third-order valence-corrected chi connectivity index (χ3v) is 4.88. The number of esters is 1. The molecule has 3 aromatic rings. The summed E-state index contributed by atoms with van der Waals surface area (Å²) in [5, 5.41) is 9.63. The Hall–Kier alpha value is -3.92. The van der Waals surface area contributed by atoms with Gasteiger partial charge in [0, 0.05) is 5.56 Å². The summed E-state index contributed by atoms with van der Waals surface area (Å²) in [6, 6.07) is 20.8. The number of carbonyl (C=O) groups is 1. The van der Waals surface area contributed by atoms with Crippen LogP contribution in [0.2, 0.25) is 0 Å². The van der Waals surface area contributed by atoms with Crippen LogP contribution in [0.25, 0.3) is 0 Å². The molecule has 0 aromatic heterocycles. The minimum absolute atomic E-state index is 0.00830. The van der Waals surface area contributed by atoms with Gasteiger partial charge in [0.15, 0.2) is 0 Å². The van der Waals surface area contributed by atoms with Crippen LogP contribution in [0, 0.1) is 11.3 Å². The molecule has 0 aliphatic rings. The zero-order chi connectivity index (χ0) is 23.8. The van der Waals surface area contributed by atoms with Crippen LogP contribution in [0.3, 0.4) is 0 Å². The summed E-state index contributed by atoms with van der Waals surface area (Å²) >= 11 is 0. The summed E-state index contributed by atoms with van der Waals surface area (Å²) in [7, 11) is 0. The maximum atomic E-state index is 12.5. The lowest BCUT2D eigenvalue weighted by atomic mass is 9.95. The molecular weight excluding hydrogens is 428 g/mol. The van der Waals surface area contributed by atoms with E-state index >= 15 is 0 Å². The van der Waals surface area contributed by atoms with E-state index in [9.17, 15) is 18.8 Å². The molecule has 0 saturated carbocycles. The molecule has 0 N–H and O–H groups in total. The van der Waals surface area contributed by atoms with Crippen LogP contribution < -0.4 is 9.47 Å². The Morgan fingerprint density at radius 1 is 0.970 bits per heavy atom. The number of benzene rings is 3. The quantitative estimate of drug-likeness (QED) is 0.354. The van der Waals surface area contributed by atoms with E-state index < -0.39 is 12.6 Å². The van der Waals surface area contributed by atoms with Crippen molar-refractivity contribution < 1.29 is 27.8 Å². The lowest BCUT2D eigenvalue weighted by Crippen LogP contribution is -2.11. The predicted molar refractivity (Wildman–Crippen MR) is 118 cm³/mol. The van der Waals surface area contributed by atoms with Crippen molar-refractivity contribution in [1.29, 1.82) is 5.26 Å². The monoisotopic (exact) mass is 451 g/mol.